The highest BCUT2D eigenvalue weighted by atomic mass is 16.2. The Morgan fingerprint density at radius 2 is 1.95 bits per heavy atom. The number of carbonyl (C=O) groups excluding carboxylic acids is 1. The zero-order valence-electron chi connectivity index (χ0n) is 12.2. The van der Waals surface area contributed by atoms with Crippen molar-refractivity contribution in [3.05, 3.63) is 42.1 Å². The number of fused-ring (bicyclic) bond motifs is 1. The number of hydrogen-bond acceptors (Lipinski definition) is 2. The number of amides is 2. The van der Waals surface area contributed by atoms with Crippen LogP contribution in [0.2, 0.25) is 0 Å². The van der Waals surface area contributed by atoms with Crippen molar-refractivity contribution in [2.24, 2.45) is 0 Å². The summed E-state index contributed by atoms with van der Waals surface area (Å²) in [6.07, 6.45) is 6.12. The van der Waals surface area contributed by atoms with Crippen molar-refractivity contribution in [3.8, 4) is 0 Å². The molecule has 1 saturated heterocycles. The van der Waals surface area contributed by atoms with Crippen LogP contribution in [-0.2, 0) is 6.42 Å². The Morgan fingerprint density at radius 3 is 2.81 bits per heavy atom. The van der Waals surface area contributed by atoms with E-state index in [2.05, 4.69) is 28.5 Å². The van der Waals surface area contributed by atoms with E-state index >= 15 is 0 Å². The van der Waals surface area contributed by atoms with Crippen molar-refractivity contribution in [1.29, 1.82) is 0 Å². The molecule has 4 heteroatoms. The van der Waals surface area contributed by atoms with Gasteiger partial charge in [-0.1, -0.05) is 24.3 Å². The summed E-state index contributed by atoms with van der Waals surface area (Å²) in [5.74, 6) is 0. The third-order valence-electron chi connectivity index (χ3n) is 4.03. The molecule has 2 heterocycles. The van der Waals surface area contributed by atoms with Gasteiger partial charge < -0.3 is 10.2 Å². The maximum absolute atomic E-state index is 12.1. The number of nitrogens with one attached hydrogen (secondary N) is 1. The molecule has 1 aromatic heterocycles. The average molecular weight is 283 g/mol. The first kappa shape index (κ1) is 13.9. The minimum atomic E-state index is 0.0721. The second-order valence-corrected chi connectivity index (χ2v) is 5.52. The van der Waals surface area contributed by atoms with E-state index in [0.717, 1.165) is 43.3 Å². The van der Waals surface area contributed by atoms with Gasteiger partial charge in [-0.15, -0.1) is 0 Å². The van der Waals surface area contributed by atoms with Crippen LogP contribution in [0.15, 0.2) is 36.5 Å². The predicted octanol–water partition coefficient (Wildman–Crippen LogP) is 2.97. The Hall–Kier alpha value is -2.10. The summed E-state index contributed by atoms with van der Waals surface area (Å²) in [4.78, 5) is 18.4. The molecular formula is C17H21N3O. The fourth-order valence-electron chi connectivity index (χ4n) is 2.88. The molecule has 4 nitrogen and oxygen atoms in total. The van der Waals surface area contributed by atoms with Crippen molar-refractivity contribution < 1.29 is 4.79 Å². The summed E-state index contributed by atoms with van der Waals surface area (Å²) < 4.78 is 0. The third kappa shape index (κ3) is 3.32. The molecule has 0 spiro atoms. The molecule has 0 unspecified atom stereocenters. The van der Waals surface area contributed by atoms with Gasteiger partial charge >= 0.3 is 6.03 Å². The number of carbonyl (C=O) groups is 1. The summed E-state index contributed by atoms with van der Waals surface area (Å²) in [6, 6.07) is 10.3. The molecular weight excluding hydrogens is 262 g/mol. The summed E-state index contributed by atoms with van der Waals surface area (Å²) >= 11 is 0. The van der Waals surface area contributed by atoms with E-state index in [9.17, 15) is 4.79 Å². The zero-order chi connectivity index (χ0) is 14.5. The molecule has 0 atom stereocenters. The fraction of sp³-hybridized carbons (Fsp3) is 0.412. The maximum atomic E-state index is 12.1. The van der Waals surface area contributed by atoms with E-state index in [1.165, 1.54) is 12.0 Å². The predicted molar refractivity (Wildman–Crippen MR) is 84.3 cm³/mol. The highest BCUT2D eigenvalue weighted by Crippen LogP contribution is 2.16. The molecule has 2 aromatic rings. The quantitative estimate of drug-likeness (QED) is 0.941. The summed E-state index contributed by atoms with van der Waals surface area (Å²) in [6.45, 7) is 2.44. The molecule has 0 saturated carbocycles. The van der Waals surface area contributed by atoms with Gasteiger partial charge in [-0.2, -0.15) is 0 Å². The lowest BCUT2D eigenvalue weighted by Gasteiger charge is -2.26. The van der Waals surface area contributed by atoms with Gasteiger partial charge in [0.2, 0.25) is 0 Å². The van der Waals surface area contributed by atoms with Gasteiger partial charge in [0.1, 0.15) is 0 Å². The Bertz CT molecular complexity index is 615. The van der Waals surface area contributed by atoms with E-state index in [1.807, 2.05) is 23.2 Å². The van der Waals surface area contributed by atoms with Crippen LogP contribution >= 0.6 is 0 Å². The summed E-state index contributed by atoms with van der Waals surface area (Å²) in [5, 5.41) is 4.18. The molecule has 1 fully saturated rings. The molecule has 3 rings (SSSR count). The Kier molecular flexibility index (Phi) is 4.34. The SMILES string of the molecule is O=C(NCCc1cccc2cccnc12)N1CCCCC1. The number of pyridine rings is 1. The lowest BCUT2D eigenvalue weighted by molar-refractivity contribution is 0.186. The largest absolute Gasteiger partial charge is 0.338 e. The molecule has 0 radical (unpaired) electrons. The molecule has 2 amide bonds. The number of para-hydroxylation sites is 1. The topological polar surface area (TPSA) is 45.2 Å². The van der Waals surface area contributed by atoms with Gasteiger partial charge in [-0.25, -0.2) is 4.79 Å². The Labute approximate surface area is 125 Å². The average Bonchev–Trinajstić information content (AvgIpc) is 2.56. The highest BCUT2D eigenvalue weighted by molar-refractivity contribution is 5.81. The van der Waals surface area contributed by atoms with Gasteiger partial charge in [-0.05, 0) is 37.3 Å². The van der Waals surface area contributed by atoms with Crippen LogP contribution in [-0.4, -0.2) is 35.5 Å². The van der Waals surface area contributed by atoms with Gasteiger partial charge in [0.15, 0.2) is 0 Å². The van der Waals surface area contributed by atoms with Crippen molar-refractivity contribution in [3.63, 3.8) is 0 Å². The van der Waals surface area contributed by atoms with Crippen LogP contribution in [0.5, 0.6) is 0 Å². The molecule has 1 aliphatic rings. The standard InChI is InChI=1S/C17H21N3O/c21-17(20-12-2-1-3-13-20)19-11-9-15-7-4-6-14-8-5-10-18-16(14)15/h4-8,10H,1-3,9,11-13H2,(H,19,21). The normalized spacial score (nSPS) is 15.1. The maximum Gasteiger partial charge on any atom is 0.317 e. The lowest BCUT2D eigenvalue weighted by atomic mass is 10.1. The number of nitrogens with zero attached hydrogens (tertiary/aromatic N) is 2. The minimum Gasteiger partial charge on any atom is -0.338 e. The second kappa shape index (κ2) is 6.57. The van der Waals surface area contributed by atoms with Crippen LogP contribution < -0.4 is 5.32 Å². The van der Waals surface area contributed by atoms with E-state index in [0.29, 0.717) is 6.54 Å². The second-order valence-electron chi connectivity index (χ2n) is 5.52. The number of piperidine rings is 1. The van der Waals surface area contributed by atoms with Gasteiger partial charge in [0.05, 0.1) is 5.52 Å². The van der Waals surface area contributed by atoms with E-state index in [4.69, 9.17) is 0 Å². The van der Waals surface area contributed by atoms with Crippen LogP contribution in [0.25, 0.3) is 10.9 Å². The summed E-state index contributed by atoms with van der Waals surface area (Å²) in [7, 11) is 0. The van der Waals surface area contributed by atoms with E-state index < -0.39 is 0 Å². The van der Waals surface area contributed by atoms with Crippen LogP contribution in [0.1, 0.15) is 24.8 Å². The summed E-state index contributed by atoms with van der Waals surface area (Å²) in [5.41, 5.74) is 2.22. The van der Waals surface area contributed by atoms with E-state index in [-0.39, 0.29) is 6.03 Å². The number of benzene rings is 1. The zero-order valence-corrected chi connectivity index (χ0v) is 12.2. The molecule has 21 heavy (non-hydrogen) atoms. The number of rotatable bonds is 3. The highest BCUT2D eigenvalue weighted by Gasteiger charge is 2.15. The molecule has 0 bridgehead atoms. The third-order valence-corrected chi connectivity index (χ3v) is 4.03. The smallest absolute Gasteiger partial charge is 0.317 e. The van der Waals surface area contributed by atoms with Crippen LogP contribution in [0.4, 0.5) is 4.79 Å². The monoisotopic (exact) mass is 283 g/mol. The van der Waals surface area contributed by atoms with Crippen LogP contribution in [0.3, 0.4) is 0 Å². The first-order chi connectivity index (χ1) is 10.3. The number of urea groups is 1. The molecule has 1 N–H and O–H groups in total. The lowest BCUT2D eigenvalue weighted by Crippen LogP contribution is -2.43. The Balaban J connectivity index is 1.58. The molecule has 1 aliphatic heterocycles. The number of aromatic nitrogens is 1. The minimum absolute atomic E-state index is 0.0721. The van der Waals surface area contributed by atoms with Crippen molar-refractivity contribution in [1.82, 2.24) is 15.2 Å². The first-order valence-corrected chi connectivity index (χ1v) is 7.70. The van der Waals surface area contributed by atoms with Crippen molar-refractivity contribution in [2.75, 3.05) is 19.6 Å². The Morgan fingerprint density at radius 1 is 1.14 bits per heavy atom. The fourth-order valence-corrected chi connectivity index (χ4v) is 2.88. The van der Waals surface area contributed by atoms with Crippen LogP contribution in [0, 0.1) is 0 Å². The number of hydrogen-bond donors (Lipinski definition) is 1. The van der Waals surface area contributed by atoms with Gasteiger partial charge in [-0.3, -0.25) is 4.98 Å². The van der Waals surface area contributed by atoms with Gasteiger partial charge in [0, 0.05) is 31.2 Å². The van der Waals surface area contributed by atoms with E-state index in [1.54, 1.807) is 0 Å². The first-order valence-electron chi connectivity index (χ1n) is 7.70. The van der Waals surface area contributed by atoms with Gasteiger partial charge in [0.25, 0.3) is 0 Å². The molecule has 110 valence electrons. The van der Waals surface area contributed by atoms with Crippen molar-refractivity contribution >= 4 is 16.9 Å². The number of likely N-dealkylation sites (tertiary alicyclic amines) is 1. The molecule has 1 aromatic carbocycles. The van der Waals surface area contributed by atoms with Crippen molar-refractivity contribution in [2.45, 2.75) is 25.7 Å². The molecule has 0 aliphatic carbocycles.